The van der Waals surface area contributed by atoms with E-state index in [9.17, 15) is 5.11 Å². The first-order chi connectivity index (χ1) is 5.75. The van der Waals surface area contributed by atoms with Gasteiger partial charge in [0.25, 0.3) is 0 Å². The minimum Gasteiger partial charge on any atom is -0.389 e. The van der Waals surface area contributed by atoms with Crippen LogP contribution in [-0.2, 0) is 9.47 Å². The predicted octanol–water partition coefficient (Wildman–Crippen LogP) is -0.792. The molecule has 4 heteroatoms. The molecule has 0 amide bonds. The molecule has 68 valence electrons. The Hall–Kier alpha value is -0.160. The molecule has 3 bridgehead atoms. The average Bonchev–Trinajstić information content (AvgIpc) is 2.33. The van der Waals surface area contributed by atoms with Gasteiger partial charge in [-0.25, -0.2) is 0 Å². The highest BCUT2D eigenvalue weighted by atomic mass is 16.7. The molecule has 0 aromatic carbocycles. The molecule has 0 aromatic rings. The van der Waals surface area contributed by atoms with Gasteiger partial charge in [0.1, 0.15) is 0 Å². The summed E-state index contributed by atoms with van der Waals surface area (Å²) in [4.78, 5) is 0. The molecule has 3 rings (SSSR count). The normalized spacial score (nSPS) is 62.5. The number of rotatable bonds is 0. The Morgan fingerprint density at radius 3 is 2.75 bits per heavy atom. The molecule has 1 saturated carbocycles. The molecular weight excluding hydrogens is 158 g/mol. The summed E-state index contributed by atoms with van der Waals surface area (Å²) in [6, 6.07) is -0.152. The van der Waals surface area contributed by atoms with Crippen LogP contribution in [0.1, 0.15) is 12.8 Å². The Labute approximate surface area is 70.6 Å². The standard InChI is InChI=1S/C8H13NO3/c9-7-3-1-6-11-4(3)2-5(12-6)8(7)10/h3-8,10H,1-2,9H2/t3?,4-,5-,6?,7+,8+/m0/s1. The van der Waals surface area contributed by atoms with E-state index in [1.54, 1.807) is 0 Å². The van der Waals surface area contributed by atoms with E-state index in [4.69, 9.17) is 15.2 Å². The maximum absolute atomic E-state index is 9.68. The Kier molecular flexibility index (Phi) is 1.33. The maximum Gasteiger partial charge on any atom is 0.158 e. The average molecular weight is 171 g/mol. The van der Waals surface area contributed by atoms with Crippen molar-refractivity contribution in [1.29, 1.82) is 0 Å². The lowest BCUT2D eigenvalue weighted by Gasteiger charge is -2.40. The van der Waals surface area contributed by atoms with Crippen LogP contribution in [0.5, 0.6) is 0 Å². The van der Waals surface area contributed by atoms with Crippen molar-refractivity contribution in [2.24, 2.45) is 11.7 Å². The van der Waals surface area contributed by atoms with E-state index in [2.05, 4.69) is 0 Å². The van der Waals surface area contributed by atoms with E-state index in [1.165, 1.54) is 0 Å². The first-order valence-electron chi connectivity index (χ1n) is 4.50. The molecule has 2 heterocycles. The Morgan fingerprint density at radius 2 is 1.92 bits per heavy atom. The van der Waals surface area contributed by atoms with Crippen LogP contribution in [0.4, 0.5) is 0 Å². The number of nitrogens with two attached hydrogens (primary N) is 1. The predicted molar refractivity (Wildman–Crippen MR) is 40.2 cm³/mol. The van der Waals surface area contributed by atoms with Crippen LogP contribution in [-0.4, -0.2) is 35.8 Å². The van der Waals surface area contributed by atoms with Gasteiger partial charge in [0.15, 0.2) is 6.29 Å². The molecule has 6 atom stereocenters. The van der Waals surface area contributed by atoms with Crippen LogP contribution in [0.2, 0.25) is 0 Å². The minimum atomic E-state index is -0.486. The van der Waals surface area contributed by atoms with Gasteiger partial charge in [-0.2, -0.15) is 0 Å². The van der Waals surface area contributed by atoms with Crippen molar-refractivity contribution in [2.45, 2.75) is 43.5 Å². The first kappa shape index (κ1) is 7.26. The number of hydrogen-bond acceptors (Lipinski definition) is 4. The van der Waals surface area contributed by atoms with Crippen LogP contribution in [0.3, 0.4) is 0 Å². The zero-order valence-electron chi connectivity index (χ0n) is 6.72. The van der Waals surface area contributed by atoms with Crippen molar-refractivity contribution < 1.29 is 14.6 Å². The third-order valence-corrected chi connectivity index (χ3v) is 3.33. The quantitative estimate of drug-likeness (QED) is 0.501. The molecule has 0 radical (unpaired) electrons. The van der Waals surface area contributed by atoms with Crippen molar-refractivity contribution in [3.63, 3.8) is 0 Å². The lowest BCUT2D eigenvalue weighted by atomic mass is 9.80. The van der Waals surface area contributed by atoms with Crippen LogP contribution in [0, 0.1) is 5.92 Å². The van der Waals surface area contributed by atoms with Crippen LogP contribution < -0.4 is 5.73 Å². The van der Waals surface area contributed by atoms with Crippen molar-refractivity contribution in [3.8, 4) is 0 Å². The minimum absolute atomic E-state index is 0.0810. The molecule has 12 heavy (non-hydrogen) atoms. The fourth-order valence-electron chi connectivity index (χ4n) is 2.65. The molecule has 4 nitrogen and oxygen atoms in total. The second-order valence-electron chi connectivity index (χ2n) is 3.98. The largest absolute Gasteiger partial charge is 0.389 e. The van der Waals surface area contributed by atoms with Gasteiger partial charge in [0.2, 0.25) is 0 Å². The number of ether oxygens (including phenoxy) is 2. The van der Waals surface area contributed by atoms with Gasteiger partial charge in [-0.05, 0) is 0 Å². The van der Waals surface area contributed by atoms with E-state index in [1.807, 2.05) is 0 Å². The van der Waals surface area contributed by atoms with Crippen molar-refractivity contribution in [2.75, 3.05) is 0 Å². The van der Waals surface area contributed by atoms with Gasteiger partial charge < -0.3 is 20.3 Å². The van der Waals surface area contributed by atoms with Crippen molar-refractivity contribution >= 4 is 0 Å². The van der Waals surface area contributed by atoms with Gasteiger partial charge in [-0.15, -0.1) is 0 Å². The van der Waals surface area contributed by atoms with E-state index < -0.39 is 6.10 Å². The maximum atomic E-state index is 9.68. The van der Waals surface area contributed by atoms with Crippen molar-refractivity contribution in [1.82, 2.24) is 0 Å². The summed E-state index contributed by atoms with van der Waals surface area (Å²) in [5.41, 5.74) is 5.87. The second kappa shape index (κ2) is 2.20. The Morgan fingerprint density at radius 1 is 1.17 bits per heavy atom. The van der Waals surface area contributed by atoms with Gasteiger partial charge in [-0.3, -0.25) is 0 Å². The third kappa shape index (κ3) is 0.758. The molecule has 2 aliphatic heterocycles. The van der Waals surface area contributed by atoms with E-state index in [0.29, 0.717) is 5.92 Å². The zero-order chi connectivity index (χ0) is 8.29. The number of hydrogen-bond donors (Lipinski definition) is 2. The Bertz CT molecular complexity index is 204. The number of aliphatic hydroxyl groups excluding tert-OH is 1. The molecule has 2 unspecified atom stereocenters. The molecule has 3 fully saturated rings. The molecule has 3 aliphatic rings. The highest BCUT2D eigenvalue weighted by molar-refractivity contribution is 5.02. The summed E-state index contributed by atoms with van der Waals surface area (Å²) < 4.78 is 11.0. The van der Waals surface area contributed by atoms with Gasteiger partial charge in [0, 0.05) is 24.8 Å². The summed E-state index contributed by atoms with van der Waals surface area (Å²) in [7, 11) is 0. The highest BCUT2D eigenvalue weighted by Crippen LogP contribution is 2.43. The van der Waals surface area contributed by atoms with E-state index >= 15 is 0 Å². The summed E-state index contributed by atoms with van der Waals surface area (Å²) in [5.74, 6) is 0.309. The Balaban J connectivity index is 1.96. The summed E-state index contributed by atoms with van der Waals surface area (Å²) in [6.07, 6.45) is 1.26. The SMILES string of the molecule is N[C@@H]1C2CC3O[C@H]2C[C@H](O3)[C@H]1O. The molecule has 0 aromatic heterocycles. The number of aliphatic hydroxyl groups is 1. The number of fused-ring (bicyclic) bond motifs is 2. The topological polar surface area (TPSA) is 64.7 Å². The van der Waals surface area contributed by atoms with Crippen LogP contribution >= 0.6 is 0 Å². The van der Waals surface area contributed by atoms with Crippen LogP contribution in [0.15, 0.2) is 0 Å². The highest BCUT2D eigenvalue weighted by Gasteiger charge is 2.54. The molecule has 1 aliphatic carbocycles. The summed E-state index contributed by atoms with van der Waals surface area (Å²) in [6.45, 7) is 0. The third-order valence-electron chi connectivity index (χ3n) is 3.33. The smallest absolute Gasteiger partial charge is 0.158 e. The second-order valence-corrected chi connectivity index (χ2v) is 3.98. The molecule has 2 saturated heterocycles. The van der Waals surface area contributed by atoms with Gasteiger partial charge in [-0.1, -0.05) is 0 Å². The molecular formula is C8H13NO3. The lowest BCUT2D eigenvalue weighted by molar-refractivity contribution is -0.243. The van der Waals surface area contributed by atoms with Gasteiger partial charge in [0.05, 0.1) is 18.3 Å². The summed E-state index contributed by atoms with van der Waals surface area (Å²) >= 11 is 0. The summed E-state index contributed by atoms with van der Waals surface area (Å²) in [5, 5.41) is 9.68. The van der Waals surface area contributed by atoms with Gasteiger partial charge >= 0.3 is 0 Å². The van der Waals surface area contributed by atoms with E-state index in [-0.39, 0.29) is 24.5 Å². The first-order valence-corrected chi connectivity index (χ1v) is 4.50. The zero-order valence-corrected chi connectivity index (χ0v) is 6.72. The fourth-order valence-corrected chi connectivity index (χ4v) is 2.65. The van der Waals surface area contributed by atoms with E-state index in [0.717, 1.165) is 12.8 Å². The fraction of sp³-hybridized carbons (Fsp3) is 1.00. The lowest BCUT2D eigenvalue weighted by Crippen LogP contribution is -2.56. The molecule has 3 N–H and O–H groups in total. The van der Waals surface area contributed by atoms with Crippen LogP contribution in [0.25, 0.3) is 0 Å². The van der Waals surface area contributed by atoms with Crippen molar-refractivity contribution in [3.05, 3.63) is 0 Å². The monoisotopic (exact) mass is 171 g/mol. The molecule has 0 spiro atoms.